The van der Waals surface area contributed by atoms with E-state index in [1.165, 1.54) is 0 Å². The number of likely N-dealkylation sites (tertiary alicyclic amines) is 1. The summed E-state index contributed by atoms with van der Waals surface area (Å²) in [6.45, 7) is 3.55. The number of carbonyl (C=O) groups is 1. The Morgan fingerprint density at radius 1 is 1.35 bits per heavy atom. The predicted octanol–water partition coefficient (Wildman–Crippen LogP) is -0.165. The standard InChI is InChI=1S/C18H27N3O5/c19-13-8-14(17-16(9-13)25-6-7-26-17)18(24)20-10-12-2-4-21(3-1-5-22)11-15(12)23/h8-9,12,15,22-23H,1-7,10-11,19H2,(H,20,24)/t12-,15?/m0/s1. The SMILES string of the molecule is Nc1cc2c(c(C(=O)NC[C@@H]3CCN(CCCO)CC3O)c1)OCCO2. The number of nitrogens with one attached hydrogen (secondary N) is 1. The maximum absolute atomic E-state index is 12.6. The van der Waals surface area contributed by atoms with Gasteiger partial charge in [-0.25, -0.2) is 0 Å². The van der Waals surface area contributed by atoms with Crippen molar-refractivity contribution in [3.05, 3.63) is 17.7 Å². The first-order valence-corrected chi connectivity index (χ1v) is 9.07. The molecule has 2 aliphatic rings. The molecule has 0 radical (unpaired) electrons. The molecule has 5 N–H and O–H groups in total. The summed E-state index contributed by atoms with van der Waals surface area (Å²) in [5, 5.41) is 22.1. The number of anilines is 1. The molecule has 0 saturated carbocycles. The highest BCUT2D eigenvalue weighted by Gasteiger charge is 2.28. The van der Waals surface area contributed by atoms with Gasteiger partial charge in [-0.2, -0.15) is 0 Å². The number of aliphatic hydroxyl groups excluding tert-OH is 2. The number of rotatable bonds is 6. The zero-order valence-corrected chi connectivity index (χ0v) is 14.8. The van der Waals surface area contributed by atoms with E-state index in [1.807, 2.05) is 0 Å². The molecule has 3 rings (SSSR count). The molecule has 1 aromatic carbocycles. The van der Waals surface area contributed by atoms with E-state index in [0.717, 1.165) is 19.5 Å². The summed E-state index contributed by atoms with van der Waals surface area (Å²) in [5.41, 5.74) is 6.66. The van der Waals surface area contributed by atoms with E-state index in [2.05, 4.69) is 10.2 Å². The van der Waals surface area contributed by atoms with Crippen molar-refractivity contribution in [1.29, 1.82) is 0 Å². The van der Waals surface area contributed by atoms with Gasteiger partial charge in [-0.3, -0.25) is 4.79 Å². The van der Waals surface area contributed by atoms with Crippen molar-refractivity contribution in [2.75, 3.05) is 51.7 Å². The minimum absolute atomic E-state index is 0.00150. The minimum Gasteiger partial charge on any atom is -0.486 e. The lowest BCUT2D eigenvalue weighted by molar-refractivity contribution is 0.0201. The van der Waals surface area contributed by atoms with E-state index in [-0.39, 0.29) is 18.4 Å². The zero-order chi connectivity index (χ0) is 18.5. The van der Waals surface area contributed by atoms with Crippen LogP contribution < -0.4 is 20.5 Å². The normalized spacial score (nSPS) is 22.8. The number of amides is 1. The predicted molar refractivity (Wildman–Crippen MR) is 96.4 cm³/mol. The molecule has 144 valence electrons. The third kappa shape index (κ3) is 4.38. The summed E-state index contributed by atoms with van der Waals surface area (Å²) >= 11 is 0. The molecule has 0 spiro atoms. The fourth-order valence-corrected chi connectivity index (χ4v) is 3.44. The molecular formula is C18H27N3O5. The van der Waals surface area contributed by atoms with Crippen molar-refractivity contribution < 1.29 is 24.5 Å². The Kier molecular flexibility index (Phi) is 6.18. The van der Waals surface area contributed by atoms with E-state index < -0.39 is 6.10 Å². The third-order valence-corrected chi connectivity index (χ3v) is 4.87. The van der Waals surface area contributed by atoms with E-state index in [4.69, 9.17) is 20.3 Å². The van der Waals surface area contributed by atoms with Gasteiger partial charge < -0.3 is 35.6 Å². The van der Waals surface area contributed by atoms with Crippen LogP contribution in [0.1, 0.15) is 23.2 Å². The summed E-state index contributed by atoms with van der Waals surface area (Å²) < 4.78 is 11.1. The summed E-state index contributed by atoms with van der Waals surface area (Å²) in [6.07, 6.45) is 0.996. The van der Waals surface area contributed by atoms with Crippen molar-refractivity contribution in [3.8, 4) is 11.5 Å². The van der Waals surface area contributed by atoms with Gasteiger partial charge in [0.2, 0.25) is 0 Å². The number of ether oxygens (including phenoxy) is 2. The van der Waals surface area contributed by atoms with Gasteiger partial charge in [0, 0.05) is 43.9 Å². The van der Waals surface area contributed by atoms with Crippen LogP contribution in [0.25, 0.3) is 0 Å². The second-order valence-corrected chi connectivity index (χ2v) is 6.80. The van der Waals surface area contributed by atoms with E-state index in [0.29, 0.717) is 55.5 Å². The molecule has 1 aromatic rings. The first kappa shape index (κ1) is 18.8. The van der Waals surface area contributed by atoms with Crippen LogP contribution in [0.5, 0.6) is 11.5 Å². The highest BCUT2D eigenvalue weighted by Crippen LogP contribution is 2.36. The molecule has 0 bridgehead atoms. The van der Waals surface area contributed by atoms with Crippen LogP contribution in [-0.2, 0) is 0 Å². The lowest BCUT2D eigenvalue weighted by Gasteiger charge is -2.36. The number of nitrogens with two attached hydrogens (primary N) is 1. The Morgan fingerprint density at radius 3 is 2.92 bits per heavy atom. The first-order valence-electron chi connectivity index (χ1n) is 9.07. The largest absolute Gasteiger partial charge is 0.486 e. The summed E-state index contributed by atoms with van der Waals surface area (Å²) in [4.78, 5) is 14.7. The minimum atomic E-state index is -0.503. The number of hydrogen-bond donors (Lipinski definition) is 4. The lowest BCUT2D eigenvalue weighted by atomic mass is 9.93. The molecule has 2 atom stereocenters. The number of carbonyl (C=O) groups excluding carboxylic acids is 1. The number of piperidine rings is 1. The molecule has 1 fully saturated rings. The van der Waals surface area contributed by atoms with Crippen molar-refractivity contribution in [1.82, 2.24) is 10.2 Å². The number of hydrogen-bond acceptors (Lipinski definition) is 7. The molecule has 0 aromatic heterocycles. The van der Waals surface area contributed by atoms with Crippen molar-refractivity contribution in [2.24, 2.45) is 5.92 Å². The Balaban J connectivity index is 1.57. The van der Waals surface area contributed by atoms with Gasteiger partial charge in [0.05, 0.1) is 11.7 Å². The molecular weight excluding hydrogens is 338 g/mol. The van der Waals surface area contributed by atoms with Gasteiger partial charge in [-0.15, -0.1) is 0 Å². The molecule has 2 aliphatic heterocycles. The molecule has 2 heterocycles. The number of nitrogens with zero attached hydrogens (tertiary/aromatic N) is 1. The van der Waals surface area contributed by atoms with Crippen LogP contribution in [0.15, 0.2) is 12.1 Å². The lowest BCUT2D eigenvalue weighted by Crippen LogP contribution is -2.48. The van der Waals surface area contributed by atoms with Gasteiger partial charge in [0.1, 0.15) is 13.2 Å². The van der Waals surface area contributed by atoms with Crippen LogP contribution in [0.2, 0.25) is 0 Å². The number of β-amino-alcohol motifs (C(OH)–C–C–N with tert-alkyl or cyclic N) is 1. The van der Waals surface area contributed by atoms with Crippen LogP contribution in [0, 0.1) is 5.92 Å². The number of nitrogen functional groups attached to an aromatic ring is 1. The third-order valence-electron chi connectivity index (χ3n) is 4.87. The Morgan fingerprint density at radius 2 is 2.15 bits per heavy atom. The van der Waals surface area contributed by atoms with E-state index in [9.17, 15) is 9.90 Å². The summed E-state index contributed by atoms with van der Waals surface area (Å²) in [6, 6.07) is 3.23. The maximum Gasteiger partial charge on any atom is 0.255 e. The Labute approximate surface area is 152 Å². The average Bonchev–Trinajstić information content (AvgIpc) is 2.64. The Hall–Kier alpha value is -2.03. The monoisotopic (exact) mass is 365 g/mol. The molecule has 8 heteroatoms. The first-order chi connectivity index (χ1) is 12.6. The molecule has 0 aliphatic carbocycles. The molecule has 8 nitrogen and oxygen atoms in total. The fourth-order valence-electron chi connectivity index (χ4n) is 3.44. The zero-order valence-electron chi connectivity index (χ0n) is 14.8. The number of benzene rings is 1. The van der Waals surface area contributed by atoms with Crippen LogP contribution in [0.3, 0.4) is 0 Å². The number of fused-ring (bicyclic) bond motifs is 1. The second-order valence-electron chi connectivity index (χ2n) is 6.80. The highest BCUT2D eigenvalue weighted by molar-refractivity contribution is 5.99. The fraction of sp³-hybridized carbons (Fsp3) is 0.611. The molecule has 1 saturated heterocycles. The van der Waals surface area contributed by atoms with Crippen molar-refractivity contribution in [2.45, 2.75) is 18.9 Å². The highest BCUT2D eigenvalue weighted by atomic mass is 16.6. The summed E-state index contributed by atoms with van der Waals surface area (Å²) in [5.74, 6) is 0.619. The van der Waals surface area contributed by atoms with Crippen LogP contribution >= 0.6 is 0 Å². The van der Waals surface area contributed by atoms with Gasteiger partial charge in [-0.1, -0.05) is 0 Å². The second kappa shape index (κ2) is 8.57. The smallest absolute Gasteiger partial charge is 0.255 e. The number of aliphatic hydroxyl groups is 2. The molecule has 26 heavy (non-hydrogen) atoms. The Bertz CT molecular complexity index is 639. The van der Waals surface area contributed by atoms with Gasteiger partial charge >= 0.3 is 0 Å². The van der Waals surface area contributed by atoms with E-state index >= 15 is 0 Å². The van der Waals surface area contributed by atoms with Crippen molar-refractivity contribution in [3.63, 3.8) is 0 Å². The molecule has 1 amide bonds. The van der Waals surface area contributed by atoms with Gasteiger partial charge in [0.15, 0.2) is 11.5 Å². The quantitative estimate of drug-likeness (QED) is 0.517. The van der Waals surface area contributed by atoms with Crippen LogP contribution in [0.4, 0.5) is 5.69 Å². The van der Waals surface area contributed by atoms with Crippen molar-refractivity contribution >= 4 is 11.6 Å². The topological polar surface area (TPSA) is 117 Å². The molecule has 1 unspecified atom stereocenters. The van der Waals surface area contributed by atoms with Crippen LogP contribution in [-0.4, -0.2) is 73.1 Å². The van der Waals surface area contributed by atoms with Gasteiger partial charge in [-0.05, 0) is 25.5 Å². The summed E-state index contributed by atoms with van der Waals surface area (Å²) in [7, 11) is 0. The van der Waals surface area contributed by atoms with E-state index in [1.54, 1.807) is 12.1 Å². The average molecular weight is 365 g/mol. The van der Waals surface area contributed by atoms with Gasteiger partial charge in [0.25, 0.3) is 5.91 Å². The maximum atomic E-state index is 12.6.